The van der Waals surface area contributed by atoms with Crippen LogP contribution in [0.5, 0.6) is 0 Å². The Labute approximate surface area is 72.2 Å². The van der Waals surface area contributed by atoms with Crippen molar-refractivity contribution in [3.63, 3.8) is 0 Å². The number of rotatable bonds is 7. The van der Waals surface area contributed by atoms with Gasteiger partial charge in [0.2, 0.25) is 0 Å². The maximum Gasteiger partial charge on any atom is 0.151 e. The molecule has 0 saturated carbocycles. The Kier molecular flexibility index (Phi) is 7.33. The molecule has 1 unspecified atom stereocenters. The molecule has 0 radical (unpaired) electrons. The van der Waals surface area contributed by atoms with Crippen molar-refractivity contribution in [3.8, 4) is 0 Å². The van der Waals surface area contributed by atoms with Crippen LogP contribution in [0.4, 0.5) is 0 Å². The second-order valence-electron chi connectivity index (χ2n) is 2.75. The maximum atomic E-state index is 8.51. The summed E-state index contributed by atoms with van der Waals surface area (Å²) in [6.45, 7) is 1.21. The summed E-state index contributed by atoms with van der Waals surface area (Å²) in [6, 6.07) is -0.0849. The second kappa shape index (κ2) is 7.45. The lowest BCUT2D eigenvalue weighted by molar-refractivity contribution is -0.0472. The van der Waals surface area contributed by atoms with Crippen molar-refractivity contribution in [2.45, 2.75) is 25.2 Å². The number of nitrogens with one attached hydrogen (secondary N) is 1. The Morgan fingerprint density at radius 3 is 2.42 bits per heavy atom. The van der Waals surface area contributed by atoms with Crippen molar-refractivity contribution in [2.75, 3.05) is 19.7 Å². The molecule has 12 heavy (non-hydrogen) atoms. The summed E-state index contributed by atoms with van der Waals surface area (Å²) in [6.07, 6.45) is -0.410. The van der Waals surface area contributed by atoms with E-state index in [4.69, 9.17) is 21.1 Å². The largest absolute Gasteiger partial charge is 0.395 e. The normalized spacial score (nSPS) is 13.8. The zero-order valence-electron chi connectivity index (χ0n) is 7.11. The highest BCUT2D eigenvalue weighted by atomic mass is 16.5. The predicted octanol–water partition coefficient (Wildman–Crippen LogP) is -2.01. The Morgan fingerprint density at radius 2 is 1.92 bits per heavy atom. The van der Waals surface area contributed by atoms with Gasteiger partial charge in [0.1, 0.15) is 0 Å². The monoisotopic (exact) mass is 178 g/mol. The predicted molar refractivity (Wildman–Crippen MR) is 45.4 cm³/mol. The van der Waals surface area contributed by atoms with Gasteiger partial charge in [0.15, 0.2) is 6.29 Å². The number of hydrogen-bond donors (Lipinski definition) is 5. The van der Waals surface area contributed by atoms with Gasteiger partial charge in [0, 0.05) is 19.1 Å². The molecule has 0 aliphatic carbocycles. The molecule has 0 aromatic rings. The molecule has 0 bridgehead atoms. The fraction of sp³-hybridized carbons (Fsp3) is 1.00. The van der Waals surface area contributed by atoms with Crippen molar-refractivity contribution >= 4 is 0 Å². The van der Waals surface area contributed by atoms with E-state index in [-0.39, 0.29) is 12.6 Å². The van der Waals surface area contributed by atoms with Gasteiger partial charge < -0.3 is 26.4 Å². The van der Waals surface area contributed by atoms with E-state index >= 15 is 0 Å². The van der Waals surface area contributed by atoms with E-state index in [0.29, 0.717) is 25.9 Å². The minimum Gasteiger partial charge on any atom is -0.395 e. The van der Waals surface area contributed by atoms with Gasteiger partial charge in [0.05, 0.1) is 6.61 Å². The summed E-state index contributed by atoms with van der Waals surface area (Å²) in [5.74, 6) is 0. The first-order valence-corrected chi connectivity index (χ1v) is 4.10. The SMILES string of the molecule is NC(CCC(O)O)CNCCO. The van der Waals surface area contributed by atoms with Crippen molar-refractivity contribution in [3.05, 3.63) is 0 Å². The van der Waals surface area contributed by atoms with Gasteiger partial charge in [-0.25, -0.2) is 0 Å². The number of aliphatic hydroxyl groups excluding tert-OH is 2. The van der Waals surface area contributed by atoms with E-state index in [1.807, 2.05) is 0 Å². The smallest absolute Gasteiger partial charge is 0.151 e. The van der Waals surface area contributed by atoms with Gasteiger partial charge in [0.25, 0.3) is 0 Å². The minimum atomic E-state index is -1.27. The van der Waals surface area contributed by atoms with Crippen LogP contribution in [0.15, 0.2) is 0 Å². The molecule has 0 heterocycles. The van der Waals surface area contributed by atoms with Gasteiger partial charge in [-0.15, -0.1) is 0 Å². The first kappa shape index (κ1) is 11.8. The van der Waals surface area contributed by atoms with Gasteiger partial charge in [-0.3, -0.25) is 0 Å². The van der Waals surface area contributed by atoms with Gasteiger partial charge in [-0.2, -0.15) is 0 Å². The molecule has 1 atom stereocenters. The zero-order chi connectivity index (χ0) is 9.40. The van der Waals surface area contributed by atoms with Crippen LogP contribution < -0.4 is 11.1 Å². The van der Waals surface area contributed by atoms with Crippen LogP contribution in [0.2, 0.25) is 0 Å². The van der Waals surface area contributed by atoms with Crippen LogP contribution in [0, 0.1) is 0 Å². The van der Waals surface area contributed by atoms with Gasteiger partial charge in [-0.1, -0.05) is 0 Å². The molecule has 5 heteroatoms. The number of aliphatic hydroxyl groups is 3. The molecule has 0 rings (SSSR count). The lowest BCUT2D eigenvalue weighted by Crippen LogP contribution is -2.35. The van der Waals surface area contributed by atoms with E-state index < -0.39 is 6.29 Å². The average molecular weight is 178 g/mol. The molecule has 6 N–H and O–H groups in total. The molecule has 0 spiro atoms. The fourth-order valence-electron chi connectivity index (χ4n) is 0.832. The molecular formula is C7H18N2O3. The summed E-state index contributed by atoms with van der Waals surface area (Å²) in [5, 5.41) is 28.4. The van der Waals surface area contributed by atoms with E-state index in [2.05, 4.69) is 5.32 Å². The Morgan fingerprint density at radius 1 is 1.25 bits per heavy atom. The first-order valence-electron chi connectivity index (χ1n) is 4.10. The van der Waals surface area contributed by atoms with Crippen LogP contribution in [-0.4, -0.2) is 47.3 Å². The molecular weight excluding hydrogens is 160 g/mol. The number of hydrogen-bond acceptors (Lipinski definition) is 5. The molecule has 0 fully saturated rings. The summed E-state index contributed by atoms with van der Waals surface area (Å²) in [4.78, 5) is 0. The Balaban J connectivity index is 3.15. The number of nitrogens with two attached hydrogens (primary N) is 1. The van der Waals surface area contributed by atoms with Crippen molar-refractivity contribution in [2.24, 2.45) is 5.73 Å². The summed E-state index contributed by atoms with van der Waals surface area (Å²) in [7, 11) is 0. The Bertz CT molecular complexity index is 101. The average Bonchev–Trinajstić information content (AvgIpc) is 2.01. The van der Waals surface area contributed by atoms with E-state index in [1.165, 1.54) is 0 Å². The minimum absolute atomic E-state index is 0.0849. The van der Waals surface area contributed by atoms with Crippen LogP contribution in [-0.2, 0) is 0 Å². The lowest BCUT2D eigenvalue weighted by Gasteiger charge is -2.12. The standard InChI is InChI=1S/C7H18N2O3/c8-6(1-2-7(11)12)5-9-3-4-10/h6-7,9-12H,1-5,8H2. The molecule has 0 amide bonds. The maximum absolute atomic E-state index is 8.51. The first-order chi connectivity index (χ1) is 5.66. The highest BCUT2D eigenvalue weighted by Gasteiger charge is 2.04. The van der Waals surface area contributed by atoms with Crippen molar-refractivity contribution < 1.29 is 15.3 Å². The second-order valence-corrected chi connectivity index (χ2v) is 2.75. The third-order valence-electron chi connectivity index (χ3n) is 1.49. The topological polar surface area (TPSA) is 98.7 Å². The molecule has 0 aliphatic rings. The highest BCUT2D eigenvalue weighted by Crippen LogP contribution is 1.96. The van der Waals surface area contributed by atoms with E-state index in [9.17, 15) is 0 Å². The van der Waals surface area contributed by atoms with Crippen molar-refractivity contribution in [1.82, 2.24) is 5.32 Å². The lowest BCUT2D eigenvalue weighted by atomic mass is 10.1. The van der Waals surface area contributed by atoms with E-state index in [1.54, 1.807) is 0 Å². The molecule has 0 aromatic carbocycles. The fourth-order valence-corrected chi connectivity index (χ4v) is 0.832. The van der Waals surface area contributed by atoms with Crippen LogP contribution in [0.3, 0.4) is 0 Å². The third-order valence-corrected chi connectivity index (χ3v) is 1.49. The van der Waals surface area contributed by atoms with Gasteiger partial charge in [-0.05, 0) is 12.8 Å². The molecule has 5 nitrogen and oxygen atoms in total. The molecule has 0 aromatic heterocycles. The third kappa shape index (κ3) is 7.90. The van der Waals surface area contributed by atoms with Crippen LogP contribution in [0.1, 0.15) is 12.8 Å². The summed E-state index contributed by atoms with van der Waals surface area (Å²) < 4.78 is 0. The van der Waals surface area contributed by atoms with E-state index in [0.717, 1.165) is 0 Å². The van der Waals surface area contributed by atoms with Crippen LogP contribution in [0.25, 0.3) is 0 Å². The molecule has 0 aliphatic heterocycles. The van der Waals surface area contributed by atoms with Crippen LogP contribution >= 0.6 is 0 Å². The highest BCUT2D eigenvalue weighted by molar-refractivity contribution is 4.64. The summed E-state index contributed by atoms with van der Waals surface area (Å²) >= 11 is 0. The summed E-state index contributed by atoms with van der Waals surface area (Å²) in [5.41, 5.74) is 5.60. The van der Waals surface area contributed by atoms with Gasteiger partial charge >= 0.3 is 0 Å². The van der Waals surface area contributed by atoms with Crippen molar-refractivity contribution in [1.29, 1.82) is 0 Å². The quantitative estimate of drug-likeness (QED) is 0.229. The zero-order valence-corrected chi connectivity index (χ0v) is 7.11. The molecule has 74 valence electrons. The Hall–Kier alpha value is -0.200. The molecule has 0 saturated heterocycles.